The molecule has 3 heterocycles. The molecule has 0 amide bonds. The lowest BCUT2D eigenvalue weighted by atomic mass is 9.86. The number of nitrogens with one attached hydrogen (secondary N) is 1. The molecule has 0 spiro atoms. The topological polar surface area (TPSA) is 76.5 Å². The molecule has 0 unspecified atom stereocenters. The molecule has 10 heteroatoms. The molecule has 2 atom stereocenters. The van der Waals surface area contributed by atoms with Crippen molar-refractivity contribution in [1.82, 2.24) is 19.4 Å². The van der Waals surface area contributed by atoms with E-state index in [1.807, 2.05) is 38.2 Å². The molecule has 5 rings (SSSR count). The van der Waals surface area contributed by atoms with Gasteiger partial charge in [-0.05, 0) is 43.5 Å². The molecule has 2 aromatic carbocycles. The fraction of sp³-hybridized carbons (Fsp3) is 0.423. The van der Waals surface area contributed by atoms with Gasteiger partial charge in [-0.2, -0.15) is 9.40 Å². The van der Waals surface area contributed by atoms with Crippen LogP contribution in [-0.4, -0.2) is 41.8 Å². The first-order valence-corrected chi connectivity index (χ1v) is 13.6. The van der Waals surface area contributed by atoms with Gasteiger partial charge in [-0.25, -0.2) is 17.2 Å². The van der Waals surface area contributed by atoms with Gasteiger partial charge in [0.05, 0.1) is 24.4 Å². The lowest BCUT2D eigenvalue weighted by Crippen LogP contribution is -2.57. The predicted octanol–water partition coefficient (Wildman–Crippen LogP) is 3.77. The van der Waals surface area contributed by atoms with Crippen molar-refractivity contribution in [2.24, 2.45) is 7.05 Å². The number of rotatable bonds is 7. The summed E-state index contributed by atoms with van der Waals surface area (Å²) in [4.78, 5) is 0. The summed E-state index contributed by atoms with van der Waals surface area (Å²) in [6, 6.07) is 12.9. The van der Waals surface area contributed by atoms with Crippen LogP contribution >= 0.6 is 0 Å². The van der Waals surface area contributed by atoms with Crippen LogP contribution in [0.2, 0.25) is 0 Å². The van der Waals surface area contributed by atoms with Gasteiger partial charge in [0.2, 0.25) is 10.0 Å². The Balaban J connectivity index is 1.40. The Kier molecular flexibility index (Phi) is 6.71. The Hall–Kier alpha value is -2.66. The van der Waals surface area contributed by atoms with Crippen molar-refractivity contribution in [2.45, 2.75) is 49.7 Å². The molecule has 0 saturated carbocycles. The van der Waals surface area contributed by atoms with Crippen molar-refractivity contribution in [3.8, 4) is 0 Å². The Bertz CT molecular complexity index is 1340. The summed E-state index contributed by atoms with van der Waals surface area (Å²) in [5, 5.41) is 6.74. The zero-order chi connectivity index (χ0) is 25.5. The summed E-state index contributed by atoms with van der Waals surface area (Å²) in [6.07, 6.45) is 2.80. The number of ether oxygens (including phenoxy) is 1. The quantitative estimate of drug-likeness (QED) is 0.518. The molecular weight excluding hydrogens is 486 g/mol. The van der Waals surface area contributed by atoms with E-state index in [2.05, 4.69) is 10.4 Å². The second-order valence-electron chi connectivity index (χ2n) is 9.71. The first kappa shape index (κ1) is 25.0. The number of nitrogens with zero attached hydrogens (tertiary/aromatic N) is 3. The van der Waals surface area contributed by atoms with Crippen molar-refractivity contribution in [3.05, 3.63) is 88.7 Å². The number of aromatic nitrogens is 2. The lowest BCUT2D eigenvalue weighted by Gasteiger charge is -2.43. The predicted molar refractivity (Wildman–Crippen MR) is 131 cm³/mol. The zero-order valence-electron chi connectivity index (χ0n) is 20.3. The minimum Gasteiger partial charge on any atom is -0.377 e. The van der Waals surface area contributed by atoms with Gasteiger partial charge in [-0.1, -0.05) is 30.3 Å². The van der Waals surface area contributed by atoms with Crippen LogP contribution in [0.25, 0.3) is 0 Å². The van der Waals surface area contributed by atoms with Crippen LogP contribution in [-0.2, 0) is 40.4 Å². The van der Waals surface area contributed by atoms with Crippen molar-refractivity contribution in [3.63, 3.8) is 0 Å². The highest BCUT2D eigenvalue weighted by atomic mass is 32.2. The van der Waals surface area contributed by atoms with Crippen LogP contribution in [0, 0.1) is 11.6 Å². The summed E-state index contributed by atoms with van der Waals surface area (Å²) < 4.78 is 66.2. The first-order chi connectivity index (χ1) is 17.2. The molecule has 0 aliphatic carbocycles. The first-order valence-electron chi connectivity index (χ1n) is 12.0. The molecule has 1 aromatic heterocycles. The second kappa shape index (κ2) is 9.66. The van der Waals surface area contributed by atoms with Gasteiger partial charge in [0.1, 0.15) is 16.9 Å². The van der Waals surface area contributed by atoms with E-state index in [4.69, 9.17) is 4.74 Å². The van der Waals surface area contributed by atoms with Crippen molar-refractivity contribution >= 4 is 10.0 Å². The fourth-order valence-electron chi connectivity index (χ4n) is 5.09. The third-order valence-corrected chi connectivity index (χ3v) is 9.77. The van der Waals surface area contributed by atoms with E-state index in [9.17, 15) is 8.42 Å². The number of halogens is 2. The number of hydrogen-bond donors (Lipinski definition) is 1. The molecule has 0 radical (unpaired) electrons. The Labute approximate surface area is 210 Å². The van der Waals surface area contributed by atoms with E-state index >= 15 is 8.78 Å². The van der Waals surface area contributed by atoms with E-state index < -0.39 is 32.4 Å². The normalized spacial score (nSPS) is 23.3. The minimum absolute atomic E-state index is 0.0161. The third kappa shape index (κ3) is 4.47. The summed E-state index contributed by atoms with van der Waals surface area (Å²) in [5.74, 6) is -1.22. The van der Waals surface area contributed by atoms with Crippen molar-refractivity contribution in [2.75, 3.05) is 13.2 Å². The second-order valence-corrected chi connectivity index (χ2v) is 11.8. The maximum atomic E-state index is 15.4. The summed E-state index contributed by atoms with van der Waals surface area (Å²) in [5.41, 5.74) is 0.937. The van der Waals surface area contributed by atoms with Gasteiger partial charge in [0.15, 0.2) is 0 Å². The smallest absolute Gasteiger partial charge is 0.221 e. The van der Waals surface area contributed by atoms with Crippen LogP contribution in [0.15, 0.2) is 54.7 Å². The molecule has 2 fully saturated rings. The van der Waals surface area contributed by atoms with Crippen LogP contribution in [0.4, 0.5) is 8.78 Å². The third-order valence-electron chi connectivity index (χ3n) is 7.40. The fourth-order valence-corrected chi connectivity index (χ4v) is 7.28. The van der Waals surface area contributed by atoms with Crippen LogP contribution in [0.5, 0.6) is 0 Å². The Morgan fingerprint density at radius 1 is 1.11 bits per heavy atom. The average molecular weight is 517 g/mol. The van der Waals surface area contributed by atoms with Crippen molar-refractivity contribution in [1.29, 1.82) is 0 Å². The van der Waals surface area contributed by atoms with Gasteiger partial charge >= 0.3 is 0 Å². The molecule has 1 N–H and O–H groups in total. The number of hydrogen-bond acceptors (Lipinski definition) is 5. The highest BCUT2D eigenvalue weighted by Gasteiger charge is 2.44. The maximum Gasteiger partial charge on any atom is 0.221 e. The summed E-state index contributed by atoms with van der Waals surface area (Å²) in [7, 11) is -1.95. The molecule has 0 bridgehead atoms. The van der Waals surface area contributed by atoms with E-state index in [1.54, 1.807) is 23.0 Å². The van der Waals surface area contributed by atoms with Crippen molar-refractivity contribution < 1.29 is 21.9 Å². The van der Waals surface area contributed by atoms with Crippen LogP contribution < -0.4 is 5.32 Å². The summed E-state index contributed by atoms with van der Waals surface area (Å²) >= 11 is 0. The van der Waals surface area contributed by atoms with Gasteiger partial charge in [-0.3, -0.25) is 10.00 Å². The molecule has 2 aliphatic rings. The van der Waals surface area contributed by atoms with E-state index in [-0.39, 0.29) is 36.9 Å². The van der Waals surface area contributed by atoms with E-state index in [0.29, 0.717) is 24.9 Å². The van der Waals surface area contributed by atoms with Crippen LogP contribution in [0.3, 0.4) is 0 Å². The number of benzene rings is 2. The SMILES string of the molecule is C[C@H]1CC[C@H](c2ccccc2)S(=O)(=O)N1Cc1cc(F)c(C2(NCc3ccnn3C)COC2)cc1F. The average Bonchev–Trinajstić information content (AvgIpc) is 3.23. The Morgan fingerprint density at radius 3 is 2.50 bits per heavy atom. The summed E-state index contributed by atoms with van der Waals surface area (Å²) in [6.45, 7) is 2.41. The standard InChI is InChI=1S/C26H30F2N4O3S/c1-18-8-9-25(19-6-4-3-5-7-19)36(33,34)32(18)15-20-12-24(28)22(13-23(20)27)26(16-35-17-26)29-14-21-10-11-30-31(21)2/h3-7,10-13,18,25,29H,8-9,14-17H2,1-2H3/t18-,25+/m0/s1. The maximum absolute atomic E-state index is 15.4. The minimum atomic E-state index is -3.76. The molecule has 7 nitrogen and oxygen atoms in total. The number of aryl methyl sites for hydroxylation is 1. The molecule has 3 aromatic rings. The van der Waals surface area contributed by atoms with Gasteiger partial charge in [0.25, 0.3) is 0 Å². The van der Waals surface area contributed by atoms with Gasteiger partial charge in [-0.15, -0.1) is 0 Å². The molecular formula is C26H30F2N4O3S. The zero-order valence-corrected chi connectivity index (χ0v) is 21.1. The molecule has 192 valence electrons. The Morgan fingerprint density at radius 2 is 1.86 bits per heavy atom. The van der Waals surface area contributed by atoms with Gasteiger partial charge < -0.3 is 4.74 Å². The van der Waals surface area contributed by atoms with Gasteiger partial charge in [0, 0.05) is 43.5 Å². The highest BCUT2D eigenvalue weighted by Crippen LogP contribution is 2.39. The van der Waals surface area contributed by atoms with Crippen LogP contribution in [0.1, 0.15) is 47.4 Å². The molecule has 36 heavy (non-hydrogen) atoms. The monoisotopic (exact) mass is 516 g/mol. The van der Waals surface area contributed by atoms with E-state index in [1.165, 1.54) is 10.4 Å². The lowest BCUT2D eigenvalue weighted by molar-refractivity contribution is -0.0815. The highest BCUT2D eigenvalue weighted by molar-refractivity contribution is 7.89. The largest absolute Gasteiger partial charge is 0.377 e. The molecule has 2 aliphatic heterocycles. The number of sulfonamides is 1. The molecule has 2 saturated heterocycles. The van der Waals surface area contributed by atoms with E-state index in [0.717, 1.165) is 11.8 Å².